The van der Waals surface area contributed by atoms with Crippen LogP contribution in [-0.4, -0.2) is 29.1 Å². The number of hydrogen-bond donors (Lipinski definition) is 3. The van der Waals surface area contributed by atoms with Crippen LogP contribution in [0.2, 0.25) is 0 Å². The summed E-state index contributed by atoms with van der Waals surface area (Å²) < 4.78 is 26.2. The number of nitrogens with one attached hydrogen (secondary N) is 2. The molecule has 7 heteroatoms. The highest BCUT2D eigenvalue weighted by Gasteiger charge is 2.34. The van der Waals surface area contributed by atoms with E-state index in [2.05, 4.69) is 10.6 Å². The summed E-state index contributed by atoms with van der Waals surface area (Å²) in [4.78, 5) is 24.0. The maximum atomic E-state index is 13.2. The van der Waals surface area contributed by atoms with Crippen LogP contribution in [0.5, 0.6) is 0 Å². The van der Waals surface area contributed by atoms with E-state index < -0.39 is 35.7 Å². The van der Waals surface area contributed by atoms with E-state index in [1.807, 2.05) is 0 Å². The van der Waals surface area contributed by atoms with Gasteiger partial charge in [0.15, 0.2) is 11.6 Å². The lowest BCUT2D eigenvalue weighted by atomic mass is 10.1. The molecule has 23 heavy (non-hydrogen) atoms. The Morgan fingerprint density at radius 3 is 2.35 bits per heavy atom. The third-order valence-corrected chi connectivity index (χ3v) is 3.81. The fraction of sp³-hybridized carbons (Fsp3) is 0.500. The molecule has 0 bridgehead atoms. The van der Waals surface area contributed by atoms with Crippen molar-refractivity contribution in [3.05, 3.63) is 35.4 Å². The van der Waals surface area contributed by atoms with Crippen LogP contribution in [0.15, 0.2) is 18.2 Å². The number of carbonyl (C=O) groups is 2. The maximum absolute atomic E-state index is 13.2. The van der Waals surface area contributed by atoms with Gasteiger partial charge >= 0.3 is 0 Å². The van der Waals surface area contributed by atoms with Gasteiger partial charge in [0.05, 0.1) is 12.1 Å². The molecule has 0 heterocycles. The second kappa shape index (κ2) is 7.04. The van der Waals surface area contributed by atoms with Gasteiger partial charge in [-0.1, -0.05) is 6.07 Å². The van der Waals surface area contributed by atoms with Crippen LogP contribution >= 0.6 is 0 Å². The molecule has 0 spiro atoms. The van der Waals surface area contributed by atoms with Crippen molar-refractivity contribution >= 4 is 11.8 Å². The number of amides is 2. The Balaban J connectivity index is 2.01. The first kappa shape index (κ1) is 17.3. The number of benzene rings is 1. The monoisotopic (exact) mass is 326 g/mol. The molecule has 126 valence electrons. The third-order valence-electron chi connectivity index (χ3n) is 3.81. The largest absolute Gasteiger partial charge is 0.391 e. The van der Waals surface area contributed by atoms with Crippen molar-refractivity contribution < 1.29 is 23.5 Å². The van der Waals surface area contributed by atoms with E-state index >= 15 is 0 Å². The average Bonchev–Trinajstić information content (AvgIpc) is 3.31. The van der Waals surface area contributed by atoms with E-state index in [0.717, 1.165) is 25.0 Å². The summed E-state index contributed by atoms with van der Waals surface area (Å²) in [6.07, 6.45) is 0.492. The van der Waals surface area contributed by atoms with Crippen LogP contribution in [-0.2, 0) is 9.59 Å². The molecule has 1 aromatic carbocycles. The van der Waals surface area contributed by atoms with Crippen LogP contribution in [0.25, 0.3) is 0 Å². The van der Waals surface area contributed by atoms with Crippen LogP contribution < -0.4 is 10.6 Å². The molecular weight excluding hydrogens is 306 g/mol. The quantitative estimate of drug-likeness (QED) is 0.740. The SMILES string of the molecule is CC(NC(=O)C(NC(=O)C1CC1)C(C)O)c1ccc(F)c(F)c1. The summed E-state index contributed by atoms with van der Waals surface area (Å²) >= 11 is 0. The minimum absolute atomic E-state index is 0.0901. The van der Waals surface area contributed by atoms with Gasteiger partial charge in [-0.05, 0) is 44.4 Å². The van der Waals surface area contributed by atoms with Crippen LogP contribution in [0.4, 0.5) is 8.78 Å². The molecule has 2 amide bonds. The molecule has 0 radical (unpaired) electrons. The van der Waals surface area contributed by atoms with E-state index in [-0.39, 0.29) is 11.8 Å². The predicted octanol–water partition coefficient (Wildman–Crippen LogP) is 1.42. The molecular formula is C16H20F2N2O3. The lowest BCUT2D eigenvalue weighted by Crippen LogP contribution is -2.53. The van der Waals surface area contributed by atoms with Crippen LogP contribution in [0.3, 0.4) is 0 Å². The fourth-order valence-electron chi connectivity index (χ4n) is 2.19. The second-order valence-corrected chi connectivity index (χ2v) is 5.90. The molecule has 1 saturated carbocycles. The predicted molar refractivity (Wildman–Crippen MR) is 79.3 cm³/mol. The first-order valence-electron chi connectivity index (χ1n) is 7.53. The van der Waals surface area contributed by atoms with Crippen molar-refractivity contribution in [1.29, 1.82) is 0 Å². The Hall–Kier alpha value is -2.02. The molecule has 5 nitrogen and oxygen atoms in total. The maximum Gasteiger partial charge on any atom is 0.245 e. The van der Waals surface area contributed by atoms with Crippen molar-refractivity contribution in [2.75, 3.05) is 0 Å². The topological polar surface area (TPSA) is 78.4 Å². The Kier molecular flexibility index (Phi) is 5.30. The molecule has 3 atom stereocenters. The minimum atomic E-state index is -1.09. The van der Waals surface area contributed by atoms with E-state index in [4.69, 9.17) is 0 Å². The zero-order chi connectivity index (χ0) is 17.1. The molecule has 1 aliphatic rings. The zero-order valence-corrected chi connectivity index (χ0v) is 13.0. The van der Waals surface area contributed by atoms with Gasteiger partial charge in [-0.15, -0.1) is 0 Å². The molecule has 0 aromatic heterocycles. The molecule has 3 N–H and O–H groups in total. The number of aliphatic hydroxyl groups excluding tert-OH is 1. The van der Waals surface area contributed by atoms with E-state index in [1.165, 1.54) is 13.0 Å². The molecule has 0 aliphatic heterocycles. The highest BCUT2D eigenvalue weighted by molar-refractivity contribution is 5.89. The normalized spacial score (nSPS) is 18.0. The Bertz CT molecular complexity index is 603. The van der Waals surface area contributed by atoms with Crippen LogP contribution in [0.1, 0.15) is 38.3 Å². The summed E-state index contributed by atoms with van der Waals surface area (Å²) in [5, 5.41) is 14.8. The molecule has 1 fully saturated rings. The van der Waals surface area contributed by atoms with Crippen molar-refractivity contribution in [2.24, 2.45) is 5.92 Å². The zero-order valence-electron chi connectivity index (χ0n) is 13.0. The highest BCUT2D eigenvalue weighted by atomic mass is 19.2. The van der Waals surface area contributed by atoms with E-state index in [9.17, 15) is 23.5 Å². The second-order valence-electron chi connectivity index (χ2n) is 5.90. The van der Waals surface area contributed by atoms with Gasteiger partial charge in [-0.3, -0.25) is 9.59 Å². The summed E-state index contributed by atoms with van der Waals surface area (Å²) in [6, 6.07) is 1.66. The Morgan fingerprint density at radius 2 is 1.83 bits per heavy atom. The van der Waals surface area contributed by atoms with Crippen molar-refractivity contribution in [3.8, 4) is 0 Å². The summed E-state index contributed by atoms with van der Waals surface area (Å²) in [6.45, 7) is 3.01. The van der Waals surface area contributed by atoms with Gasteiger partial charge < -0.3 is 15.7 Å². The molecule has 0 saturated heterocycles. The van der Waals surface area contributed by atoms with E-state index in [0.29, 0.717) is 5.56 Å². The minimum Gasteiger partial charge on any atom is -0.391 e. The fourth-order valence-corrected chi connectivity index (χ4v) is 2.19. The van der Waals surface area contributed by atoms with Crippen molar-refractivity contribution in [3.63, 3.8) is 0 Å². The molecule has 2 rings (SSSR count). The number of carbonyl (C=O) groups excluding carboxylic acids is 2. The standard InChI is InChI=1S/C16H20F2N2O3/c1-8(11-5-6-12(17)13(18)7-11)19-16(23)14(9(2)21)20-15(22)10-3-4-10/h5-10,14,21H,3-4H2,1-2H3,(H,19,23)(H,20,22). The van der Waals surface area contributed by atoms with Gasteiger partial charge in [-0.2, -0.15) is 0 Å². The smallest absolute Gasteiger partial charge is 0.245 e. The third kappa shape index (κ3) is 4.48. The summed E-state index contributed by atoms with van der Waals surface area (Å²) in [5.41, 5.74) is 0.384. The van der Waals surface area contributed by atoms with Crippen molar-refractivity contribution in [1.82, 2.24) is 10.6 Å². The summed E-state index contributed by atoms with van der Waals surface area (Å²) in [5.74, 6) is -2.89. The van der Waals surface area contributed by atoms with Crippen molar-refractivity contribution in [2.45, 2.75) is 44.9 Å². The molecule has 1 aromatic rings. The number of hydrogen-bond acceptors (Lipinski definition) is 3. The van der Waals surface area contributed by atoms with Gasteiger partial charge in [0.1, 0.15) is 6.04 Å². The van der Waals surface area contributed by atoms with E-state index in [1.54, 1.807) is 6.92 Å². The lowest BCUT2D eigenvalue weighted by molar-refractivity contribution is -0.132. The highest BCUT2D eigenvalue weighted by Crippen LogP contribution is 2.29. The Morgan fingerprint density at radius 1 is 1.17 bits per heavy atom. The number of halogens is 2. The first-order valence-corrected chi connectivity index (χ1v) is 7.53. The average molecular weight is 326 g/mol. The van der Waals surface area contributed by atoms with Gasteiger partial charge in [0.2, 0.25) is 11.8 Å². The lowest BCUT2D eigenvalue weighted by Gasteiger charge is -2.23. The molecule has 3 unspecified atom stereocenters. The number of rotatable bonds is 6. The molecule has 1 aliphatic carbocycles. The van der Waals surface area contributed by atoms with Gasteiger partial charge in [0.25, 0.3) is 0 Å². The first-order chi connectivity index (χ1) is 10.8. The number of aliphatic hydroxyl groups is 1. The van der Waals surface area contributed by atoms with Crippen LogP contribution in [0, 0.1) is 17.6 Å². The Labute approximate surface area is 133 Å². The summed E-state index contributed by atoms with van der Waals surface area (Å²) in [7, 11) is 0. The van der Waals surface area contributed by atoms with Gasteiger partial charge in [0, 0.05) is 5.92 Å². The van der Waals surface area contributed by atoms with Gasteiger partial charge in [-0.25, -0.2) is 8.78 Å².